The highest BCUT2D eigenvalue weighted by Crippen LogP contribution is 2.28. The van der Waals surface area contributed by atoms with Gasteiger partial charge in [-0.1, -0.05) is 23.2 Å². The van der Waals surface area contributed by atoms with Crippen molar-refractivity contribution in [2.75, 3.05) is 5.32 Å². The molecule has 0 bridgehead atoms. The van der Waals surface area contributed by atoms with E-state index < -0.39 is 0 Å². The number of nitrogens with one attached hydrogen (secondary N) is 1. The lowest BCUT2D eigenvalue weighted by Crippen LogP contribution is -2.13. The second-order valence-electron chi connectivity index (χ2n) is 3.83. The van der Waals surface area contributed by atoms with E-state index >= 15 is 0 Å². The molecule has 92 valence electrons. The minimum atomic E-state index is -0.248. The zero-order valence-electron chi connectivity index (χ0n) is 9.64. The van der Waals surface area contributed by atoms with Gasteiger partial charge in [0.15, 0.2) is 0 Å². The molecule has 17 heavy (non-hydrogen) atoms. The van der Waals surface area contributed by atoms with Crippen molar-refractivity contribution in [1.82, 2.24) is 0 Å². The Morgan fingerprint density at radius 2 is 1.82 bits per heavy atom. The number of halogens is 2. The fourth-order valence-electron chi connectivity index (χ4n) is 1.24. The fourth-order valence-corrected chi connectivity index (χ4v) is 1.67. The predicted molar refractivity (Wildman–Crippen MR) is 69.7 cm³/mol. The quantitative estimate of drug-likeness (QED) is 0.911. The molecule has 0 fully saturated rings. The third kappa shape index (κ3) is 4.36. The highest BCUT2D eigenvalue weighted by Gasteiger charge is 2.09. The standard InChI is InChI=1S/C12H13Cl2NO2/c1-7-5-10(14)11(6-9(7)13)15-12(17)4-3-8(2)16/h5-6H,3-4H2,1-2H3,(H,15,17). The molecule has 0 heterocycles. The van der Waals surface area contributed by atoms with E-state index in [4.69, 9.17) is 23.2 Å². The summed E-state index contributed by atoms with van der Waals surface area (Å²) in [4.78, 5) is 22.2. The first-order valence-corrected chi connectivity index (χ1v) is 5.90. The van der Waals surface area contributed by atoms with E-state index in [-0.39, 0.29) is 24.5 Å². The Morgan fingerprint density at radius 3 is 2.41 bits per heavy atom. The number of carbonyl (C=O) groups is 2. The van der Waals surface area contributed by atoms with Crippen molar-refractivity contribution in [3.63, 3.8) is 0 Å². The van der Waals surface area contributed by atoms with Crippen molar-refractivity contribution in [2.24, 2.45) is 0 Å². The lowest BCUT2D eigenvalue weighted by atomic mass is 10.2. The van der Waals surface area contributed by atoms with Gasteiger partial charge in [0.1, 0.15) is 5.78 Å². The van der Waals surface area contributed by atoms with Crippen LogP contribution in [0.15, 0.2) is 12.1 Å². The van der Waals surface area contributed by atoms with E-state index in [1.165, 1.54) is 6.92 Å². The van der Waals surface area contributed by atoms with Crippen molar-refractivity contribution >= 4 is 40.6 Å². The molecule has 0 saturated carbocycles. The lowest BCUT2D eigenvalue weighted by molar-refractivity contribution is -0.121. The average Bonchev–Trinajstić information content (AvgIpc) is 2.23. The largest absolute Gasteiger partial charge is 0.325 e. The normalized spacial score (nSPS) is 10.1. The van der Waals surface area contributed by atoms with E-state index in [2.05, 4.69) is 5.32 Å². The van der Waals surface area contributed by atoms with E-state index in [0.29, 0.717) is 15.7 Å². The number of anilines is 1. The maximum absolute atomic E-state index is 11.5. The second kappa shape index (κ2) is 6.03. The van der Waals surface area contributed by atoms with Crippen molar-refractivity contribution in [3.05, 3.63) is 27.7 Å². The number of amides is 1. The van der Waals surface area contributed by atoms with Gasteiger partial charge < -0.3 is 10.1 Å². The molecule has 5 heteroatoms. The maximum Gasteiger partial charge on any atom is 0.224 e. The Hall–Kier alpha value is -1.06. The van der Waals surface area contributed by atoms with Crippen molar-refractivity contribution in [2.45, 2.75) is 26.7 Å². The SMILES string of the molecule is CC(=O)CCC(=O)Nc1cc(Cl)c(C)cc1Cl. The first-order chi connectivity index (χ1) is 7.90. The van der Waals surface area contributed by atoms with Gasteiger partial charge in [-0.2, -0.15) is 0 Å². The van der Waals surface area contributed by atoms with E-state index in [1.807, 2.05) is 6.92 Å². The van der Waals surface area contributed by atoms with Crippen molar-refractivity contribution in [3.8, 4) is 0 Å². The molecule has 0 aliphatic heterocycles. The molecule has 1 amide bonds. The van der Waals surface area contributed by atoms with Crippen LogP contribution in [-0.4, -0.2) is 11.7 Å². The Balaban J connectivity index is 2.71. The molecular weight excluding hydrogens is 261 g/mol. The van der Waals surface area contributed by atoms with Gasteiger partial charge in [0.2, 0.25) is 5.91 Å². The zero-order valence-corrected chi connectivity index (χ0v) is 11.2. The van der Waals surface area contributed by atoms with Crippen LogP contribution in [0, 0.1) is 6.92 Å². The molecule has 0 unspecified atom stereocenters. The van der Waals surface area contributed by atoms with E-state index in [9.17, 15) is 9.59 Å². The van der Waals surface area contributed by atoms with Crippen LogP contribution in [0.25, 0.3) is 0 Å². The van der Waals surface area contributed by atoms with Crippen LogP contribution >= 0.6 is 23.2 Å². The van der Waals surface area contributed by atoms with E-state index in [0.717, 1.165) is 5.56 Å². The molecule has 0 spiro atoms. The Labute approximate surface area is 110 Å². The highest BCUT2D eigenvalue weighted by molar-refractivity contribution is 6.36. The minimum Gasteiger partial charge on any atom is -0.325 e. The minimum absolute atomic E-state index is 0.0202. The predicted octanol–water partition coefficient (Wildman–Crippen LogP) is 3.61. The fraction of sp³-hybridized carbons (Fsp3) is 0.333. The van der Waals surface area contributed by atoms with Crippen LogP contribution in [0.3, 0.4) is 0 Å². The summed E-state index contributed by atoms with van der Waals surface area (Å²) in [5, 5.41) is 3.60. The maximum atomic E-state index is 11.5. The molecule has 0 saturated heterocycles. The summed E-state index contributed by atoms with van der Waals surface area (Å²) in [7, 11) is 0. The Morgan fingerprint density at radius 1 is 1.18 bits per heavy atom. The molecule has 0 aromatic heterocycles. The number of hydrogen-bond acceptors (Lipinski definition) is 2. The van der Waals surface area contributed by atoms with Gasteiger partial charge in [0.25, 0.3) is 0 Å². The van der Waals surface area contributed by atoms with Gasteiger partial charge in [-0.05, 0) is 31.5 Å². The first kappa shape index (κ1) is 14.0. The second-order valence-corrected chi connectivity index (χ2v) is 4.65. The smallest absolute Gasteiger partial charge is 0.224 e. The van der Waals surface area contributed by atoms with Gasteiger partial charge in [-0.25, -0.2) is 0 Å². The summed E-state index contributed by atoms with van der Waals surface area (Å²) in [6.45, 7) is 3.28. The number of benzene rings is 1. The van der Waals surface area contributed by atoms with Crippen LogP contribution in [0.2, 0.25) is 10.0 Å². The van der Waals surface area contributed by atoms with Gasteiger partial charge >= 0.3 is 0 Å². The van der Waals surface area contributed by atoms with Crippen LogP contribution in [0.1, 0.15) is 25.3 Å². The van der Waals surface area contributed by atoms with Gasteiger partial charge in [-0.15, -0.1) is 0 Å². The molecule has 0 atom stereocenters. The molecule has 1 rings (SSSR count). The third-order valence-corrected chi connectivity index (χ3v) is 2.95. The summed E-state index contributed by atoms with van der Waals surface area (Å²) in [5.74, 6) is -0.268. The summed E-state index contributed by atoms with van der Waals surface area (Å²) in [6.07, 6.45) is 0.375. The van der Waals surface area contributed by atoms with Crippen LogP contribution in [0.4, 0.5) is 5.69 Å². The molecule has 3 nitrogen and oxygen atoms in total. The lowest BCUT2D eigenvalue weighted by Gasteiger charge is -2.08. The first-order valence-electron chi connectivity index (χ1n) is 5.15. The molecule has 1 aromatic carbocycles. The van der Waals surface area contributed by atoms with E-state index in [1.54, 1.807) is 12.1 Å². The number of Topliss-reactive ketones (excluding diaryl/α,β-unsaturated/α-hetero) is 1. The Bertz CT molecular complexity index is 458. The zero-order chi connectivity index (χ0) is 13.0. The summed E-state index contributed by atoms with van der Waals surface area (Å²) in [6, 6.07) is 3.29. The van der Waals surface area contributed by atoms with Gasteiger partial charge in [0.05, 0.1) is 10.7 Å². The summed E-state index contributed by atoms with van der Waals surface area (Å²) >= 11 is 11.9. The highest BCUT2D eigenvalue weighted by atomic mass is 35.5. The molecule has 1 N–H and O–H groups in total. The van der Waals surface area contributed by atoms with Crippen molar-refractivity contribution in [1.29, 1.82) is 0 Å². The summed E-state index contributed by atoms with van der Waals surface area (Å²) < 4.78 is 0. The monoisotopic (exact) mass is 273 g/mol. The van der Waals surface area contributed by atoms with Crippen LogP contribution < -0.4 is 5.32 Å². The number of rotatable bonds is 4. The van der Waals surface area contributed by atoms with Crippen molar-refractivity contribution < 1.29 is 9.59 Å². The number of aryl methyl sites for hydroxylation is 1. The Kier molecular flexibility index (Phi) is 4.97. The number of hydrogen-bond donors (Lipinski definition) is 1. The van der Waals surface area contributed by atoms with Gasteiger partial charge in [-0.3, -0.25) is 4.79 Å². The summed E-state index contributed by atoms with van der Waals surface area (Å²) in [5.41, 5.74) is 1.31. The van der Waals surface area contributed by atoms with Crippen LogP contribution in [0.5, 0.6) is 0 Å². The number of carbonyl (C=O) groups excluding carboxylic acids is 2. The average molecular weight is 274 g/mol. The molecular formula is C12H13Cl2NO2. The topological polar surface area (TPSA) is 46.2 Å². The molecule has 0 aliphatic rings. The molecule has 1 aromatic rings. The van der Waals surface area contributed by atoms with Crippen LogP contribution in [-0.2, 0) is 9.59 Å². The van der Waals surface area contributed by atoms with Gasteiger partial charge in [0, 0.05) is 17.9 Å². The number of ketones is 1. The molecule has 0 radical (unpaired) electrons. The third-order valence-electron chi connectivity index (χ3n) is 2.23. The molecule has 0 aliphatic carbocycles.